The van der Waals surface area contributed by atoms with Crippen LogP contribution in [0.3, 0.4) is 0 Å². The monoisotopic (exact) mass is 536 g/mol. The zero-order valence-corrected chi connectivity index (χ0v) is 22.8. The van der Waals surface area contributed by atoms with E-state index >= 15 is 0 Å². The molecule has 0 atom stereocenters. The number of alkyl halides is 1. The Kier molecular flexibility index (Phi) is 13.2. The van der Waals surface area contributed by atoms with Gasteiger partial charge in [-0.05, 0) is 73.5 Å². The fraction of sp³-hybridized carbons (Fsp3) is 0.200. The van der Waals surface area contributed by atoms with Crippen LogP contribution in [0.1, 0.15) is 25.1 Å². The van der Waals surface area contributed by atoms with E-state index in [2.05, 4.69) is 48.9 Å². The van der Waals surface area contributed by atoms with Gasteiger partial charge in [-0.1, -0.05) is 42.5 Å². The molecule has 38 heavy (non-hydrogen) atoms. The minimum atomic E-state index is -0.250. The first kappa shape index (κ1) is 30.2. The Morgan fingerprint density at radius 1 is 0.947 bits per heavy atom. The van der Waals surface area contributed by atoms with Crippen molar-refractivity contribution in [2.45, 2.75) is 13.8 Å². The van der Waals surface area contributed by atoms with Crippen molar-refractivity contribution in [1.29, 1.82) is 0 Å². The van der Waals surface area contributed by atoms with Crippen LogP contribution in [0, 0.1) is 0 Å². The summed E-state index contributed by atoms with van der Waals surface area (Å²) >= 11 is 4.64. The SMILES string of the molecule is CCOc1ccc(-n2nc(/C=C(\C)c3ccccc3)cc2-c2cccc(OCOC)c2)cc1.CCl.O=CO. The van der Waals surface area contributed by atoms with Crippen LogP contribution < -0.4 is 9.47 Å². The van der Waals surface area contributed by atoms with Crippen LogP contribution in [-0.2, 0) is 9.53 Å². The number of hydrogen-bond donors (Lipinski definition) is 1. The van der Waals surface area contributed by atoms with Gasteiger partial charge in [0.15, 0.2) is 6.79 Å². The van der Waals surface area contributed by atoms with Gasteiger partial charge in [-0.15, -0.1) is 11.6 Å². The first-order chi connectivity index (χ1) is 18.6. The first-order valence-electron chi connectivity index (χ1n) is 11.8. The molecular formula is C30H33ClN2O5. The van der Waals surface area contributed by atoms with Crippen LogP contribution >= 0.6 is 11.6 Å². The van der Waals surface area contributed by atoms with Crippen LogP contribution in [0.15, 0.2) is 84.9 Å². The molecule has 0 amide bonds. The zero-order chi connectivity index (χ0) is 27.8. The topological polar surface area (TPSA) is 82.8 Å². The molecule has 1 N–H and O–H groups in total. The molecule has 4 aromatic rings. The second-order valence-corrected chi connectivity index (χ2v) is 7.67. The van der Waals surface area contributed by atoms with Crippen molar-refractivity contribution in [3.05, 3.63) is 96.2 Å². The molecule has 3 aromatic carbocycles. The highest BCUT2D eigenvalue weighted by atomic mass is 35.5. The van der Waals surface area contributed by atoms with E-state index in [-0.39, 0.29) is 13.3 Å². The van der Waals surface area contributed by atoms with Crippen molar-refractivity contribution < 1.29 is 24.1 Å². The Hall–Kier alpha value is -4.07. The van der Waals surface area contributed by atoms with Gasteiger partial charge in [0, 0.05) is 19.1 Å². The number of carboxylic acid groups (broad SMARTS) is 1. The van der Waals surface area contributed by atoms with E-state index in [1.165, 1.54) is 11.9 Å². The smallest absolute Gasteiger partial charge is 0.290 e. The quantitative estimate of drug-likeness (QED) is 0.140. The van der Waals surface area contributed by atoms with Gasteiger partial charge in [-0.3, -0.25) is 4.79 Å². The summed E-state index contributed by atoms with van der Waals surface area (Å²) in [4.78, 5) is 8.36. The maximum atomic E-state index is 8.36. The second kappa shape index (κ2) is 16.6. The van der Waals surface area contributed by atoms with Gasteiger partial charge in [-0.25, -0.2) is 4.68 Å². The van der Waals surface area contributed by atoms with Crippen LogP contribution in [0.4, 0.5) is 0 Å². The van der Waals surface area contributed by atoms with Crippen molar-refractivity contribution in [2.24, 2.45) is 0 Å². The van der Waals surface area contributed by atoms with Gasteiger partial charge in [-0.2, -0.15) is 5.10 Å². The molecule has 0 fully saturated rings. The van der Waals surface area contributed by atoms with Gasteiger partial charge >= 0.3 is 0 Å². The highest BCUT2D eigenvalue weighted by Crippen LogP contribution is 2.29. The van der Waals surface area contributed by atoms with Crippen molar-refractivity contribution >= 4 is 29.7 Å². The van der Waals surface area contributed by atoms with E-state index in [9.17, 15) is 0 Å². The summed E-state index contributed by atoms with van der Waals surface area (Å²) in [6.45, 7) is 4.66. The number of allylic oxidation sites excluding steroid dienone is 1. The molecule has 0 radical (unpaired) electrons. The molecule has 0 aliphatic rings. The number of carbonyl (C=O) groups is 1. The average molecular weight is 537 g/mol. The summed E-state index contributed by atoms with van der Waals surface area (Å²) in [7, 11) is 1.61. The lowest BCUT2D eigenvalue weighted by atomic mass is 10.1. The summed E-state index contributed by atoms with van der Waals surface area (Å²) in [5, 5.41) is 11.8. The predicted molar refractivity (Wildman–Crippen MR) is 153 cm³/mol. The highest BCUT2D eigenvalue weighted by molar-refractivity contribution is 6.15. The maximum Gasteiger partial charge on any atom is 0.290 e. The standard InChI is InChI=1S/C28H28N2O3.CH3Cl.CH2O2/c1-4-32-26-15-13-25(14-16-26)30-28(23-11-8-12-27(18-23)33-20-31-3)19-24(29-30)17-21(2)22-9-6-5-7-10-22;1-2;2-1-3/h5-19H,4,20H2,1-3H3;1H3;1H,(H,2,3)/b21-17+;;. The lowest BCUT2D eigenvalue weighted by Gasteiger charge is -2.10. The number of halogens is 1. The summed E-state index contributed by atoms with van der Waals surface area (Å²) < 4.78 is 18.3. The van der Waals surface area contributed by atoms with Crippen molar-refractivity contribution in [2.75, 3.05) is 26.9 Å². The summed E-state index contributed by atoms with van der Waals surface area (Å²) in [5.41, 5.74) is 6.12. The Morgan fingerprint density at radius 2 is 1.63 bits per heavy atom. The minimum Gasteiger partial charge on any atom is -0.494 e. The summed E-state index contributed by atoms with van der Waals surface area (Å²) in [6, 6.07) is 28.3. The van der Waals surface area contributed by atoms with Gasteiger partial charge in [0.25, 0.3) is 6.47 Å². The van der Waals surface area contributed by atoms with Crippen molar-refractivity contribution in [3.8, 4) is 28.4 Å². The molecule has 1 heterocycles. The van der Waals surface area contributed by atoms with Crippen molar-refractivity contribution in [1.82, 2.24) is 9.78 Å². The van der Waals surface area contributed by atoms with E-state index in [1.807, 2.05) is 72.3 Å². The van der Waals surface area contributed by atoms with E-state index in [0.717, 1.165) is 39.7 Å². The average Bonchev–Trinajstić information content (AvgIpc) is 3.38. The Morgan fingerprint density at radius 3 is 2.26 bits per heavy atom. The largest absolute Gasteiger partial charge is 0.494 e. The van der Waals surface area contributed by atoms with Crippen LogP contribution in [0.5, 0.6) is 11.5 Å². The predicted octanol–water partition coefficient (Wildman–Crippen LogP) is 7.04. The summed E-state index contributed by atoms with van der Waals surface area (Å²) in [6.07, 6.45) is 3.58. The van der Waals surface area contributed by atoms with Gasteiger partial charge in [0.2, 0.25) is 0 Å². The van der Waals surface area contributed by atoms with Crippen LogP contribution in [-0.4, -0.2) is 48.3 Å². The van der Waals surface area contributed by atoms with Crippen molar-refractivity contribution in [3.63, 3.8) is 0 Å². The molecule has 0 aliphatic heterocycles. The van der Waals surface area contributed by atoms with E-state index < -0.39 is 0 Å². The third-order valence-corrected chi connectivity index (χ3v) is 5.19. The molecule has 0 bridgehead atoms. The number of benzene rings is 3. The number of rotatable bonds is 9. The molecule has 0 aliphatic carbocycles. The number of ether oxygens (including phenoxy) is 3. The molecule has 0 saturated heterocycles. The normalized spacial score (nSPS) is 10.4. The van der Waals surface area contributed by atoms with Gasteiger partial charge in [0.05, 0.1) is 23.7 Å². The van der Waals surface area contributed by atoms with E-state index in [0.29, 0.717) is 6.61 Å². The fourth-order valence-corrected chi connectivity index (χ4v) is 3.60. The minimum absolute atomic E-state index is 0.200. The van der Waals surface area contributed by atoms with Crippen LogP contribution in [0.25, 0.3) is 28.6 Å². The molecule has 0 spiro atoms. The van der Waals surface area contributed by atoms with E-state index in [1.54, 1.807) is 7.11 Å². The Balaban J connectivity index is 0.000000947. The van der Waals surface area contributed by atoms with Gasteiger partial charge < -0.3 is 19.3 Å². The third kappa shape index (κ3) is 8.80. The lowest BCUT2D eigenvalue weighted by Crippen LogP contribution is -2.01. The van der Waals surface area contributed by atoms with Gasteiger partial charge in [0.1, 0.15) is 11.5 Å². The summed E-state index contributed by atoms with van der Waals surface area (Å²) in [5.74, 6) is 1.58. The Bertz CT molecular complexity index is 1270. The lowest BCUT2D eigenvalue weighted by molar-refractivity contribution is -0.122. The molecule has 7 nitrogen and oxygen atoms in total. The zero-order valence-electron chi connectivity index (χ0n) is 22.0. The fourth-order valence-electron chi connectivity index (χ4n) is 3.60. The third-order valence-electron chi connectivity index (χ3n) is 5.19. The number of hydrogen-bond acceptors (Lipinski definition) is 5. The second-order valence-electron chi connectivity index (χ2n) is 7.67. The Labute approximate surface area is 228 Å². The molecule has 0 unspecified atom stereocenters. The highest BCUT2D eigenvalue weighted by Gasteiger charge is 2.13. The molecular weight excluding hydrogens is 504 g/mol. The molecule has 8 heteroatoms. The molecule has 4 rings (SSSR count). The first-order valence-corrected chi connectivity index (χ1v) is 12.6. The maximum absolute atomic E-state index is 8.36. The van der Waals surface area contributed by atoms with Crippen LogP contribution in [0.2, 0.25) is 0 Å². The molecule has 0 saturated carbocycles. The molecule has 1 aromatic heterocycles. The number of aromatic nitrogens is 2. The molecule has 200 valence electrons. The van der Waals surface area contributed by atoms with E-state index in [4.69, 9.17) is 29.2 Å². The number of nitrogens with zero attached hydrogens (tertiary/aromatic N) is 2. The number of methoxy groups -OCH3 is 1.